The van der Waals surface area contributed by atoms with Crippen LogP contribution >= 0.6 is 0 Å². The van der Waals surface area contributed by atoms with Crippen LogP contribution in [0.4, 0.5) is 9.59 Å². The van der Waals surface area contributed by atoms with Gasteiger partial charge in [-0.2, -0.15) is 0 Å². The second kappa shape index (κ2) is 10.9. The number of carbonyl (C=O) groups excluding carboxylic acids is 2. The fourth-order valence-corrected chi connectivity index (χ4v) is 3.43. The molecule has 2 rings (SSSR count). The summed E-state index contributed by atoms with van der Waals surface area (Å²) < 4.78 is 10.7. The van der Waals surface area contributed by atoms with Gasteiger partial charge < -0.3 is 20.1 Å². The number of rotatable bonds is 6. The highest BCUT2D eigenvalue weighted by atomic mass is 16.6. The predicted molar refractivity (Wildman–Crippen MR) is 113 cm³/mol. The van der Waals surface area contributed by atoms with Gasteiger partial charge in [0.1, 0.15) is 12.2 Å². The largest absolute Gasteiger partial charge is 0.445 e. The lowest BCUT2D eigenvalue weighted by Gasteiger charge is -2.35. The second-order valence-corrected chi connectivity index (χ2v) is 8.47. The van der Waals surface area contributed by atoms with Crippen molar-refractivity contribution < 1.29 is 19.1 Å². The average Bonchev–Trinajstić information content (AvgIpc) is 2.65. The molecule has 1 aromatic rings. The molecule has 0 aliphatic heterocycles. The molecule has 160 valence electrons. The van der Waals surface area contributed by atoms with Crippen molar-refractivity contribution in [1.29, 1.82) is 0 Å². The van der Waals surface area contributed by atoms with Crippen LogP contribution in [0.5, 0.6) is 0 Å². The monoisotopic (exact) mass is 402 g/mol. The quantitative estimate of drug-likeness (QED) is 0.661. The van der Waals surface area contributed by atoms with E-state index >= 15 is 0 Å². The molecule has 1 fully saturated rings. The molecule has 0 unspecified atom stereocenters. The summed E-state index contributed by atoms with van der Waals surface area (Å²) in [5.41, 5.74) is 0.433. The number of nitrogens with one attached hydrogen (secondary N) is 2. The minimum Gasteiger partial charge on any atom is -0.445 e. The molecule has 29 heavy (non-hydrogen) atoms. The van der Waals surface area contributed by atoms with Crippen LogP contribution in [0.25, 0.3) is 0 Å². The topological polar surface area (TPSA) is 76.7 Å². The Morgan fingerprint density at radius 3 is 2.48 bits per heavy atom. The molecule has 1 aromatic carbocycles. The van der Waals surface area contributed by atoms with Gasteiger partial charge in [0.25, 0.3) is 0 Å². The Kier molecular flexibility index (Phi) is 8.55. The van der Waals surface area contributed by atoms with Gasteiger partial charge in [-0.3, -0.25) is 0 Å². The Bertz CT molecular complexity index is 682. The first-order valence-electron chi connectivity index (χ1n) is 10.4. The number of allylic oxidation sites excluding steroid dienone is 1. The van der Waals surface area contributed by atoms with E-state index in [1.165, 1.54) is 0 Å². The highest BCUT2D eigenvalue weighted by Gasteiger charge is 2.32. The number of benzene rings is 1. The molecule has 0 aromatic heterocycles. The van der Waals surface area contributed by atoms with Gasteiger partial charge in [0.05, 0.1) is 0 Å². The summed E-state index contributed by atoms with van der Waals surface area (Å²) in [7, 11) is 0. The van der Waals surface area contributed by atoms with Crippen molar-refractivity contribution in [3.63, 3.8) is 0 Å². The molecule has 0 spiro atoms. The van der Waals surface area contributed by atoms with Crippen molar-refractivity contribution in [2.75, 3.05) is 0 Å². The third-order valence-electron chi connectivity index (χ3n) is 4.76. The molecule has 3 atom stereocenters. The molecule has 0 radical (unpaired) electrons. The summed E-state index contributed by atoms with van der Waals surface area (Å²) >= 11 is 0. The van der Waals surface area contributed by atoms with Crippen LogP contribution in [0.3, 0.4) is 0 Å². The van der Waals surface area contributed by atoms with E-state index in [0.717, 1.165) is 31.2 Å². The van der Waals surface area contributed by atoms with Crippen molar-refractivity contribution in [3.8, 4) is 0 Å². The van der Waals surface area contributed by atoms with Gasteiger partial charge in [-0.05, 0) is 57.9 Å². The van der Waals surface area contributed by atoms with Crippen LogP contribution in [0, 0.1) is 5.92 Å². The first-order chi connectivity index (χ1) is 13.8. The molecule has 6 nitrogen and oxygen atoms in total. The van der Waals surface area contributed by atoms with Crippen LogP contribution < -0.4 is 10.6 Å². The Morgan fingerprint density at radius 2 is 1.83 bits per heavy atom. The number of amides is 2. The van der Waals surface area contributed by atoms with Gasteiger partial charge in [-0.1, -0.05) is 49.4 Å². The first-order valence-corrected chi connectivity index (χ1v) is 10.4. The lowest BCUT2D eigenvalue weighted by atomic mass is 9.81. The number of carbonyl (C=O) groups is 2. The fourth-order valence-electron chi connectivity index (χ4n) is 3.43. The van der Waals surface area contributed by atoms with E-state index in [9.17, 15) is 9.59 Å². The molecule has 1 saturated carbocycles. The molecule has 0 heterocycles. The zero-order valence-corrected chi connectivity index (χ0v) is 17.9. The average molecular weight is 403 g/mol. The molecule has 1 aliphatic rings. The summed E-state index contributed by atoms with van der Waals surface area (Å²) in [6.45, 7) is 7.87. The third-order valence-corrected chi connectivity index (χ3v) is 4.76. The predicted octanol–water partition coefficient (Wildman–Crippen LogP) is 4.94. The summed E-state index contributed by atoms with van der Waals surface area (Å²) in [5.74, 6) is 0.132. The van der Waals surface area contributed by atoms with Crippen LogP contribution in [-0.2, 0) is 16.1 Å². The first kappa shape index (κ1) is 22.8. The van der Waals surface area contributed by atoms with E-state index in [2.05, 4.69) is 29.7 Å². The molecule has 2 N–H and O–H groups in total. The van der Waals surface area contributed by atoms with Crippen molar-refractivity contribution in [2.24, 2.45) is 5.92 Å². The third kappa shape index (κ3) is 8.59. The van der Waals surface area contributed by atoms with Gasteiger partial charge >= 0.3 is 12.2 Å². The zero-order chi connectivity index (χ0) is 21.3. The molecule has 6 heteroatoms. The molecule has 1 aliphatic carbocycles. The lowest BCUT2D eigenvalue weighted by Crippen LogP contribution is -2.49. The molecule has 2 amide bonds. The molecule has 0 bridgehead atoms. The van der Waals surface area contributed by atoms with Crippen LogP contribution in [0.2, 0.25) is 0 Å². The number of hydrogen-bond acceptors (Lipinski definition) is 4. The van der Waals surface area contributed by atoms with E-state index in [4.69, 9.17) is 9.47 Å². The Balaban J connectivity index is 1.88. The smallest absolute Gasteiger partial charge is 0.407 e. The van der Waals surface area contributed by atoms with Gasteiger partial charge in [0.2, 0.25) is 0 Å². The zero-order valence-electron chi connectivity index (χ0n) is 17.9. The summed E-state index contributed by atoms with van der Waals surface area (Å²) in [6, 6.07) is 9.62. The van der Waals surface area contributed by atoms with Crippen molar-refractivity contribution in [2.45, 2.75) is 77.7 Å². The normalized spacial score (nSPS) is 22.1. The van der Waals surface area contributed by atoms with Gasteiger partial charge in [-0.15, -0.1) is 0 Å². The second-order valence-electron chi connectivity index (χ2n) is 8.47. The van der Waals surface area contributed by atoms with E-state index < -0.39 is 17.8 Å². The maximum Gasteiger partial charge on any atom is 0.407 e. The van der Waals surface area contributed by atoms with Crippen LogP contribution in [0.15, 0.2) is 42.5 Å². The van der Waals surface area contributed by atoms with E-state index in [0.29, 0.717) is 0 Å². The Labute approximate surface area is 174 Å². The van der Waals surface area contributed by atoms with E-state index in [-0.39, 0.29) is 24.6 Å². The van der Waals surface area contributed by atoms with Crippen molar-refractivity contribution >= 4 is 12.2 Å². The fraction of sp³-hybridized carbons (Fsp3) is 0.565. The van der Waals surface area contributed by atoms with Crippen LogP contribution in [0.1, 0.15) is 58.9 Å². The standard InChI is InChI=1S/C23H34N2O4/c1-5-6-12-18-15-19(24-22(27)29-23(2,3)4)13-14-20(18)25-21(26)28-16-17-10-8-7-9-11-17/h6-12,18-20H,5,13-16H2,1-4H3,(H,24,27)(H,25,26)/t18-,19+,20-/m0/s1. The lowest BCUT2D eigenvalue weighted by molar-refractivity contribution is 0.0480. The minimum atomic E-state index is -0.521. The van der Waals surface area contributed by atoms with Gasteiger partial charge in [-0.25, -0.2) is 9.59 Å². The van der Waals surface area contributed by atoms with Crippen molar-refractivity contribution in [1.82, 2.24) is 10.6 Å². The maximum absolute atomic E-state index is 12.3. The highest BCUT2D eigenvalue weighted by molar-refractivity contribution is 5.68. The molecular weight excluding hydrogens is 368 g/mol. The van der Waals surface area contributed by atoms with E-state index in [1.54, 1.807) is 0 Å². The summed E-state index contributed by atoms with van der Waals surface area (Å²) in [5, 5.41) is 5.97. The van der Waals surface area contributed by atoms with E-state index in [1.807, 2.05) is 51.1 Å². The summed E-state index contributed by atoms with van der Waals surface area (Å²) in [4.78, 5) is 24.4. The number of alkyl carbamates (subject to hydrolysis) is 2. The highest BCUT2D eigenvalue weighted by Crippen LogP contribution is 2.27. The minimum absolute atomic E-state index is 0.0160. The number of hydrogen-bond donors (Lipinski definition) is 2. The number of ether oxygens (including phenoxy) is 2. The maximum atomic E-state index is 12.3. The Morgan fingerprint density at radius 1 is 1.10 bits per heavy atom. The van der Waals surface area contributed by atoms with Crippen LogP contribution in [-0.4, -0.2) is 29.9 Å². The van der Waals surface area contributed by atoms with Gasteiger partial charge in [0.15, 0.2) is 0 Å². The summed E-state index contributed by atoms with van der Waals surface area (Å²) in [6.07, 6.45) is 6.64. The molecular formula is C23H34N2O4. The SMILES string of the molecule is CCC=C[C@H]1C[C@H](NC(=O)OC(C)(C)C)CC[C@@H]1NC(=O)OCc1ccccc1. The Hall–Kier alpha value is -2.50. The van der Waals surface area contributed by atoms with Crippen molar-refractivity contribution in [3.05, 3.63) is 48.0 Å². The van der Waals surface area contributed by atoms with Gasteiger partial charge in [0, 0.05) is 12.1 Å². The molecule has 0 saturated heterocycles.